The highest BCUT2D eigenvalue weighted by Gasteiger charge is 2.43. The highest BCUT2D eigenvalue weighted by atomic mass is 16.5. The molecule has 20 heavy (non-hydrogen) atoms. The second-order valence-corrected chi connectivity index (χ2v) is 5.68. The molecule has 3 rings (SSSR count). The molecule has 1 aliphatic heterocycles. The van der Waals surface area contributed by atoms with Crippen molar-refractivity contribution in [2.45, 2.75) is 44.4 Å². The molecule has 1 N–H and O–H groups in total. The van der Waals surface area contributed by atoms with Gasteiger partial charge in [0.15, 0.2) is 5.82 Å². The summed E-state index contributed by atoms with van der Waals surface area (Å²) in [5.74, 6) is 1.60. The van der Waals surface area contributed by atoms with E-state index < -0.39 is 0 Å². The number of hydrogen-bond donors (Lipinski definition) is 1. The smallest absolute Gasteiger partial charge is 0.168 e. The van der Waals surface area contributed by atoms with Crippen molar-refractivity contribution in [3.05, 3.63) is 5.82 Å². The first kappa shape index (κ1) is 13.9. The zero-order valence-electron chi connectivity index (χ0n) is 12.2. The first-order valence-electron chi connectivity index (χ1n) is 7.43. The van der Waals surface area contributed by atoms with E-state index in [9.17, 15) is 0 Å². The van der Waals surface area contributed by atoms with Crippen LogP contribution in [0.4, 0.5) is 0 Å². The van der Waals surface area contributed by atoms with Crippen LogP contribution in [0.5, 0.6) is 0 Å². The molecule has 3 atom stereocenters. The fraction of sp³-hybridized carbons (Fsp3) is 0.923. The molecule has 0 aromatic carbocycles. The van der Waals surface area contributed by atoms with Gasteiger partial charge in [-0.3, -0.25) is 0 Å². The fourth-order valence-electron chi connectivity index (χ4n) is 2.93. The lowest BCUT2D eigenvalue weighted by molar-refractivity contribution is 0.0711. The number of rotatable bonds is 7. The standard InChI is InChI=1S/C13H23N5O2/c1-9(14-6-8-19-2)13-15-16-17-18(13)11-5-7-20-12(11)10-3-4-10/h9-12,14H,3-8H2,1-2H3. The monoisotopic (exact) mass is 281 g/mol. The molecule has 1 aliphatic carbocycles. The molecule has 3 unspecified atom stereocenters. The molecule has 7 heteroatoms. The number of tetrazole rings is 1. The molecule has 1 aromatic rings. The van der Waals surface area contributed by atoms with Crippen molar-refractivity contribution >= 4 is 0 Å². The van der Waals surface area contributed by atoms with Gasteiger partial charge in [0.2, 0.25) is 0 Å². The Bertz CT molecular complexity index is 434. The lowest BCUT2D eigenvalue weighted by Crippen LogP contribution is -2.30. The van der Waals surface area contributed by atoms with Gasteiger partial charge in [0.25, 0.3) is 0 Å². The third kappa shape index (κ3) is 2.84. The normalized spacial score (nSPS) is 27.9. The van der Waals surface area contributed by atoms with E-state index in [4.69, 9.17) is 9.47 Å². The van der Waals surface area contributed by atoms with E-state index in [1.165, 1.54) is 12.8 Å². The van der Waals surface area contributed by atoms with Gasteiger partial charge in [0, 0.05) is 20.3 Å². The Balaban J connectivity index is 1.69. The molecule has 1 saturated carbocycles. The summed E-state index contributed by atoms with van der Waals surface area (Å²) in [7, 11) is 1.70. The Labute approximate surface area is 119 Å². The Hall–Kier alpha value is -1.05. The summed E-state index contributed by atoms with van der Waals surface area (Å²) in [6, 6.07) is 0.403. The van der Waals surface area contributed by atoms with E-state index >= 15 is 0 Å². The molecule has 0 spiro atoms. The molecule has 2 aliphatic rings. The highest BCUT2D eigenvalue weighted by molar-refractivity contribution is 4.98. The summed E-state index contributed by atoms with van der Waals surface area (Å²) in [6.45, 7) is 4.37. The van der Waals surface area contributed by atoms with Gasteiger partial charge in [0.05, 0.1) is 24.8 Å². The third-order valence-electron chi connectivity index (χ3n) is 4.17. The summed E-state index contributed by atoms with van der Waals surface area (Å²) in [5, 5.41) is 15.7. The average Bonchev–Trinajstić information content (AvgIpc) is 3.00. The Kier molecular flexibility index (Phi) is 4.28. The lowest BCUT2D eigenvalue weighted by atomic mass is 10.1. The van der Waals surface area contributed by atoms with E-state index in [0.29, 0.717) is 24.7 Å². The van der Waals surface area contributed by atoms with Crippen LogP contribution in [-0.4, -0.2) is 53.2 Å². The molecular formula is C13H23N5O2. The molecule has 112 valence electrons. The molecule has 2 heterocycles. The van der Waals surface area contributed by atoms with Gasteiger partial charge in [-0.05, 0) is 42.5 Å². The zero-order chi connectivity index (χ0) is 13.9. The molecular weight excluding hydrogens is 258 g/mol. The van der Waals surface area contributed by atoms with Gasteiger partial charge in [-0.15, -0.1) is 5.10 Å². The number of ether oxygens (including phenoxy) is 2. The van der Waals surface area contributed by atoms with Gasteiger partial charge >= 0.3 is 0 Å². The van der Waals surface area contributed by atoms with Crippen LogP contribution in [0, 0.1) is 5.92 Å². The maximum absolute atomic E-state index is 5.89. The van der Waals surface area contributed by atoms with Crippen LogP contribution >= 0.6 is 0 Å². The van der Waals surface area contributed by atoms with Crippen molar-refractivity contribution < 1.29 is 9.47 Å². The minimum Gasteiger partial charge on any atom is -0.383 e. The molecule has 0 radical (unpaired) electrons. The maximum atomic E-state index is 5.89. The second-order valence-electron chi connectivity index (χ2n) is 5.68. The number of aromatic nitrogens is 4. The number of nitrogens with zero attached hydrogens (tertiary/aromatic N) is 4. The Morgan fingerprint density at radius 3 is 3.05 bits per heavy atom. The maximum Gasteiger partial charge on any atom is 0.168 e. The van der Waals surface area contributed by atoms with Crippen LogP contribution in [-0.2, 0) is 9.47 Å². The van der Waals surface area contributed by atoms with Gasteiger partial charge in [-0.25, -0.2) is 4.68 Å². The number of methoxy groups -OCH3 is 1. The number of hydrogen-bond acceptors (Lipinski definition) is 6. The summed E-state index contributed by atoms with van der Waals surface area (Å²) in [6.07, 6.45) is 3.85. The van der Waals surface area contributed by atoms with Gasteiger partial charge in [-0.2, -0.15) is 0 Å². The minimum atomic E-state index is 0.112. The Morgan fingerprint density at radius 2 is 2.30 bits per heavy atom. The van der Waals surface area contributed by atoms with Crippen LogP contribution in [0.3, 0.4) is 0 Å². The highest BCUT2D eigenvalue weighted by Crippen LogP contribution is 2.43. The summed E-state index contributed by atoms with van der Waals surface area (Å²) in [5.41, 5.74) is 0. The molecule has 0 bridgehead atoms. The van der Waals surface area contributed by atoms with Gasteiger partial charge in [-0.1, -0.05) is 0 Å². The molecule has 2 fully saturated rings. The predicted molar refractivity (Wildman–Crippen MR) is 72.2 cm³/mol. The Morgan fingerprint density at radius 1 is 1.45 bits per heavy atom. The first-order valence-corrected chi connectivity index (χ1v) is 7.43. The van der Waals surface area contributed by atoms with Crippen molar-refractivity contribution in [2.24, 2.45) is 5.92 Å². The third-order valence-corrected chi connectivity index (χ3v) is 4.17. The summed E-state index contributed by atoms with van der Waals surface area (Å²) >= 11 is 0. The van der Waals surface area contributed by atoms with E-state index in [-0.39, 0.29) is 6.04 Å². The molecule has 1 aromatic heterocycles. The lowest BCUT2D eigenvalue weighted by Gasteiger charge is -2.21. The second kappa shape index (κ2) is 6.15. The van der Waals surface area contributed by atoms with Crippen LogP contribution in [0.1, 0.15) is 44.1 Å². The molecule has 7 nitrogen and oxygen atoms in total. The van der Waals surface area contributed by atoms with E-state index in [1.54, 1.807) is 7.11 Å². The number of nitrogens with one attached hydrogen (secondary N) is 1. The SMILES string of the molecule is COCCNC(C)c1nnnn1C1CCOC1C1CC1. The van der Waals surface area contributed by atoms with Crippen LogP contribution < -0.4 is 5.32 Å². The van der Waals surface area contributed by atoms with Crippen molar-refractivity contribution in [3.8, 4) is 0 Å². The van der Waals surface area contributed by atoms with Crippen LogP contribution in [0.25, 0.3) is 0 Å². The van der Waals surface area contributed by atoms with Crippen LogP contribution in [0.15, 0.2) is 0 Å². The largest absolute Gasteiger partial charge is 0.383 e. The van der Waals surface area contributed by atoms with Crippen molar-refractivity contribution in [3.63, 3.8) is 0 Å². The van der Waals surface area contributed by atoms with Crippen LogP contribution in [0.2, 0.25) is 0 Å². The average molecular weight is 281 g/mol. The summed E-state index contributed by atoms with van der Waals surface area (Å²) in [4.78, 5) is 0. The summed E-state index contributed by atoms with van der Waals surface area (Å²) < 4.78 is 12.9. The van der Waals surface area contributed by atoms with Gasteiger partial charge in [0.1, 0.15) is 0 Å². The zero-order valence-corrected chi connectivity index (χ0v) is 12.2. The van der Waals surface area contributed by atoms with Gasteiger partial charge < -0.3 is 14.8 Å². The quantitative estimate of drug-likeness (QED) is 0.742. The van der Waals surface area contributed by atoms with Crippen molar-refractivity contribution in [1.29, 1.82) is 0 Å². The van der Waals surface area contributed by atoms with Crippen molar-refractivity contribution in [2.75, 3.05) is 26.9 Å². The minimum absolute atomic E-state index is 0.112. The fourth-order valence-corrected chi connectivity index (χ4v) is 2.93. The van der Waals surface area contributed by atoms with Crippen molar-refractivity contribution in [1.82, 2.24) is 25.5 Å². The van der Waals surface area contributed by atoms with E-state index in [2.05, 4.69) is 27.8 Å². The molecule has 0 amide bonds. The predicted octanol–water partition coefficient (Wildman–Crippen LogP) is 0.710. The van der Waals surface area contributed by atoms with E-state index in [1.807, 2.05) is 4.68 Å². The first-order chi connectivity index (χ1) is 9.81. The van der Waals surface area contributed by atoms with E-state index in [0.717, 1.165) is 25.4 Å². The topological polar surface area (TPSA) is 74.1 Å². The molecule has 1 saturated heterocycles.